The van der Waals surface area contributed by atoms with Gasteiger partial charge in [0.15, 0.2) is 5.88 Å². The van der Waals surface area contributed by atoms with Gasteiger partial charge in [0.2, 0.25) is 0 Å². The largest absolute Gasteiger partial charge is 0.479 e. The summed E-state index contributed by atoms with van der Waals surface area (Å²) in [4.78, 5) is 0. The van der Waals surface area contributed by atoms with E-state index in [-0.39, 0.29) is 0 Å². The summed E-state index contributed by atoms with van der Waals surface area (Å²) < 4.78 is 5.32. The Morgan fingerprint density at radius 3 is 2.77 bits per heavy atom. The van der Waals surface area contributed by atoms with E-state index in [0.29, 0.717) is 0 Å². The van der Waals surface area contributed by atoms with Gasteiger partial charge in [-0.25, -0.2) is 0 Å². The third-order valence-corrected chi connectivity index (χ3v) is 2.01. The van der Waals surface area contributed by atoms with E-state index in [1.54, 1.807) is 0 Å². The summed E-state index contributed by atoms with van der Waals surface area (Å²) in [7, 11) is 0. The topological polar surface area (TPSA) is 21.3 Å². The van der Waals surface area contributed by atoms with E-state index < -0.39 is 0 Å². The van der Waals surface area contributed by atoms with Crippen molar-refractivity contribution in [1.29, 1.82) is 0 Å². The van der Waals surface area contributed by atoms with Crippen LogP contribution in [0.25, 0.3) is 0 Å². The molecular weight excluding hydrogens is 162 g/mol. The van der Waals surface area contributed by atoms with Gasteiger partial charge in [-0.2, -0.15) is 0 Å². The van der Waals surface area contributed by atoms with E-state index in [9.17, 15) is 0 Å². The normalized spacial score (nSPS) is 14.9. The van der Waals surface area contributed by atoms with Crippen molar-refractivity contribution in [3.05, 3.63) is 47.9 Å². The van der Waals surface area contributed by atoms with E-state index in [1.807, 2.05) is 18.2 Å². The van der Waals surface area contributed by atoms with E-state index >= 15 is 0 Å². The summed E-state index contributed by atoms with van der Waals surface area (Å²) in [5, 5.41) is 3.24. The van der Waals surface area contributed by atoms with Crippen LogP contribution >= 0.6 is 0 Å². The van der Waals surface area contributed by atoms with Gasteiger partial charge >= 0.3 is 0 Å². The quantitative estimate of drug-likeness (QED) is 0.759. The van der Waals surface area contributed by atoms with Crippen LogP contribution in [0.5, 0.6) is 0 Å². The second-order valence-electron chi connectivity index (χ2n) is 3.04. The molecule has 1 aromatic carbocycles. The first-order chi connectivity index (χ1) is 6.45. The first-order valence-electron chi connectivity index (χ1n) is 4.56. The Morgan fingerprint density at radius 1 is 1.23 bits per heavy atom. The second kappa shape index (κ2) is 3.99. The summed E-state index contributed by atoms with van der Waals surface area (Å²) in [6.07, 6.45) is 3.11. The molecule has 0 saturated heterocycles. The molecule has 2 nitrogen and oxygen atoms in total. The lowest BCUT2D eigenvalue weighted by Gasteiger charge is -2.06. The minimum Gasteiger partial charge on any atom is -0.479 e. The van der Waals surface area contributed by atoms with Crippen molar-refractivity contribution in [2.45, 2.75) is 13.0 Å². The van der Waals surface area contributed by atoms with Gasteiger partial charge in [0.05, 0.1) is 6.61 Å². The van der Waals surface area contributed by atoms with Gasteiger partial charge in [0, 0.05) is 13.0 Å². The van der Waals surface area contributed by atoms with Gasteiger partial charge in [-0.3, -0.25) is 0 Å². The lowest BCUT2D eigenvalue weighted by Crippen LogP contribution is -2.12. The zero-order valence-electron chi connectivity index (χ0n) is 7.49. The molecule has 0 aliphatic carbocycles. The molecule has 1 N–H and O–H groups in total. The van der Waals surface area contributed by atoms with Crippen LogP contribution in [0, 0.1) is 0 Å². The van der Waals surface area contributed by atoms with E-state index in [0.717, 1.165) is 25.5 Å². The van der Waals surface area contributed by atoms with Crippen molar-refractivity contribution in [2.75, 3.05) is 6.61 Å². The molecule has 0 aromatic heterocycles. The van der Waals surface area contributed by atoms with Crippen molar-refractivity contribution in [1.82, 2.24) is 5.32 Å². The van der Waals surface area contributed by atoms with Crippen molar-refractivity contribution in [3.8, 4) is 0 Å². The first kappa shape index (κ1) is 8.17. The number of benzene rings is 1. The molecule has 0 atom stereocenters. The second-order valence-corrected chi connectivity index (χ2v) is 3.04. The maximum Gasteiger partial charge on any atom is 0.182 e. The number of ether oxygens (including phenoxy) is 1. The van der Waals surface area contributed by atoms with Gasteiger partial charge in [-0.15, -0.1) is 0 Å². The summed E-state index contributed by atoms with van der Waals surface area (Å²) in [5.41, 5.74) is 1.28. The van der Waals surface area contributed by atoms with Crippen LogP contribution < -0.4 is 5.32 Å². The maximum atomic E-state index is 5.32. The summed E-state index contributed by atoms with van der Waals surface area (Å²) in [6.45, 7) is 1.66. The summed E-state index contributed by atoms with van der Waals surface area (Å²) in [5.74, 6) is 0.920. The SMILES string of the molecule is C1=C(NCc2ccccc2)OCC1. The summed E-state index contributed by atoms with van der Waals surface area (Å²) >= 11 is 0. The maximum absolute atomic E-state index is 5.32. The Kier molecular flexibility index (Phi) is 2.51. The van der Waals surface area contributed by atoms with Crippen LogP contribution in [0.2, 0.25) is 0 Å². The van der Waals surface area contributed by atoms with E-state index in [4.69, 9.17) is 4.74 Å². The lowest BCUT2D eigenvalue weighted by molar-refractivity contribution is 0.221. The molecule has 0 unspecified atom stereocenters. The van der Waals surface area contributed by atoms with E-state index in [1.165, 1.54) is 5.56 Å². The Bertz CT molecular complexity index is 292. The van der Waals surface area contributed by atoms with Gasteiger partial charge in [0.25, 0.3) is 0 Å². The van der Waals surface area contributed by atoms with Crippen molar-refractivity contribution >= 4 is 0 Å². The molecule has 0 saturated carbocycles. The fourth-order valence-corrected chi connectivity index (χ4v) is 1.33. The lowest BCUT2D eigenvalue weighted by atomic mass is 10.2. The van der Waals surface area contributed by atoms with Gasteiger partial charge in [-0.05, 0) is 11.6 Å². The minimum absolute atomic E-state index is 0.817. The average molecular weight is 175 g/mol. The third kappa shape index (κ3) is 2.25. The predicted octanol–water partition coefficient (Wildman–Crippen LogP) is 2.04. The van der Waals surface area contributed by atoms with Gasteiger partial charge in [0.1, 0.15) is 0 Å². The highest BCUT2D eigenvalue weighted by Crippen LogP contribution is 2.06. The number of nitrogens with one attached hydrogen (secondary N) is 1. The molecule has 2 rings (SSSR count). The molecule has 1 heterocycles. The predicted molar refractivity (Wildman–Crippen MR) is 51.9 cm³/mol. The Hall–Kier alpha value is -1.44. The monoisotopic (exact) mass is 175 g/mol. The number of rotatable bonds is 3. The number of hydrogen-bond donors (Lipinski definition) is 1. The smallest absolute Gasteiger partial charge is 0.182 e. The molecule has 68 valence electrons. The molecule has 0 amide bonds. The van der Waals surface area contributed by atoms with Crippen molar-refractivity contribution in [2.24, 2.45) is 0 Å². The van der Waals surface area contributed by atoms with Crippen LogP contribution in [0.1, 0.15) is 12.0 Å². The highest BCUT2D eigenvalue weighted by atomic mass is 16.5. The molecule has 0 spiro atoms. The van der Waals surface area contributed by atoms with Crippen LogP contribution in [-0.2, 0) is 11.3 Å². The fraction of sp³-hybridized carbons (Fsp3) is 0.273. The highest BCUT2D eigenvalue weighted by Gasteiger charge is 2.03. The average Bonchev–Trinajstić information content (AvgIpc) is 2.69. The highest BCUT2D eigenvalue weighted by molar-refractivity contribution is 5.15. The molecule has 0 fully saturated rings. The van der Waals surface area contributed by atoms with Crippen LogP contribution in [0.4, 0.5) is 0 Å². The van der Waals surface area contributed by atoms with Gasteiger partial charge in [-0.1, -0.05) is 30.3 Å². The first-order valence-corrected chi connectivity index (χ1v) is 4.56. The molecular formula is C11H13NO. The zero-order chi connectivity index (χ0) is 8.93. The van der Waals surface area contributed by atoms with E-state index in [2.05, 4.69) is 23.5 Å². The van der Waals surface area contributed by atoms with Gasteiger partial charge < -0.3 is 10.1 Å². The van der Waals surface area contributed by atoms with Crippen molar-refractivity contribution < 1.29 is 4.74 Å². The Morgan fingerprint density at radius 2 is 2.08 bits per heavy atom. The van der Waals surface area contributed by atoms with Crippen LogP contribution in [0.3, 0.4) is 0 Å². The molecule has 13 heavy (non-hydrogen) atoms. The fourth-order valence-electron chi connectivity index (χ4n) is 1.33. The van der Waals surface area contributed by atoms with Crippen LogP contribution in [0.15, 0.2) is 42.3 Å². The van der Waals surface area contributed by atoms with Crippen molar-refractivity contribution in [3.63, 3.8) is 0 Å². The molecule has 1 aromatic rings. The zero-order valence-corrected chi connectivity index (χ0v) is 7.49. The molecule has 0 radical (unpaired) electrons. The molecule has 1 aliphatic heterocycles. The Labute approximate surface area is 78.2 Å². The third-order valence-electron chi connectivity index (χ3n) is 2.01. The molecule has 1 aliphatic rings. The summed E-state index contributed by atoms with van der Waals surface area (Å²) in [6, 6.07) is 10.3. The number of hydrogen-bond acceptors (Lipinski definition) is 2. The molecule has 2 heteroatoms. The minimum atomic E-state index is 0.817. The van der Waals surface area contributed by atoms with Crippen LogP contribution in [-0.4, -0.2) is 6.61 Å². The molecule has 0 bridgehead atoms. The standard InChI is InChI=1S/C11H13NO/c1-2-5-10(6-3-1)9-12-11-7-4-8-13-11/h1-3,5-7,12H,4,8-9H2. The Balaban J connectivity index is 1.86.